The number of carbonyl (C=O) groups excluding carboxylic acids is 2. The van der Waals surface area contributed by atoms with Crippen molar-refractivity contribution in [2.45, 2.75) is 18.4 Å². The summed E-state index contributed by atoms with van der Waals surface area (Å²) >= 11 is 2.88. The van der Waals surface area contributed by atoms with E-state index in [1.165, 1.54) is 23.5 Å². The number of carbonyl (C=O) groups is 2. The van der Waals surface area contributed by atoms with E-state index in [9.17, 15) is 9.59 Å². The molecule has 10 nitrogen and oxygen atoms in total. The number of aliphatic hydroxyl groups is 1. The Hall–Kier alpha value is -3.97. The maximum Gasteiger partial charge on any atom is 0.269 e. The van der Waals surface area contributed by atoms with Crippen LogP contribution < -0.4 is 20.3 Å². The van der Waals surface area contributed by atoms with Crippen molar-refractivity contribution >= 4 is 63.3 Å². The molecule has 0 bridgehead atoms. The number of rotatable bonds is 11. The molecule has 1 fully saturated rings. The van der Waals surface area contributed by atoms with E-state index in [0.717, 1.165) is 26.9 Å². The van der Waals surface area contributed by atoms with Crippen molar-refractivity contribution in [3.8, 4) is 5.75 Å². The van der Waals surface area contributed by atoms with Gasteiger partial charge >= 0.3 is 0 Å². The predicted molar refractivity (Wildman–Crippen MR) is 180 cm³/mol. The van der Waals surface area contributed by atoms with Gasteiger partial charge in [-0.25, -0.2) is 4.99 Å². The smallest absolute Gasteiger partial charge is 0.269 e. The minimum atomic E-state index is -0.128. The Labute approximate surface area is 266 Å². The molecule has 12 heteroatoms. The molecule has 230 valence electrons. The number of nitrogens with one attached hydrogen (secondary N) is 2. The molecule has 3 aromatic carbocycles. The van der Waals surface area contributed by atoms with Crippen LogP contribution in [0.1, 0.15) is 12.5 Å². The van der Waals surface area contributed by atoms with Crippen LogP contribution in [0.5, 0.6) is 5.75 Å². The fourth-order valence-corrected chi connectivity index (χ4v) is 7.05. The van der Waals surface area contributed by atoms with Crippen LogP contribution in [0.3, 0.4) is 0 Å². The van der Waals surface area contributed by atoms with Crippen LogP contribution in [0.4, 0.5) is 22.7 Å². The van der Waals surface area contributed by atoms with Crippen LogP contribution in [0.25, 0.3) is 0 Å². The molecule has 1 saturated heterocycles. The molecule has 3 aromatic rings. The molecule has 0 spiro atoms. The molecule has 2 aliphatic heterocycles. The van der Waals surface area contributed by atoms with Gasteiger partial charge in [-0.1, -0.05) is 42.1 Å². The molecular weight excluding hydrogens is 597 g/mol. The fraction of sp³-hybridized carbons (Fsp3) is 0.281. The summed E-state index contributed by atoms with van der Waals surface area (Å²) in [5, 5.41) is 16.8. The number of amidine groups is 1. The minimum absolute atomic E-state index is 0.0671. The van der Waals surface area contributed by atoms with Crippen LogP contribution in [0.2, 0.25) is 0 Å². The topological polar surface area (TPSA) is 110 Å². The number of anilines is 3. The molecule has 0 radical (unpaired) electrons. The molecule has 0 aliphatic carbocycles. The second kappa shape index (κ2) is 14.2. The van der Waals surface area contributed by atoms with Crippen molar-refractivity contribution in [3.05, 3.63) is 82.2 Å². The molecule has 2 heterocycles. The first kappa shape index (κ1) is 31.5. The van der Waals surface area contributed by atoms with Crippen molar-refractivity contribution < 1.29 is 19.4 Å². The zero-order chi connectivity index (χ0) is 31.2. The summed E-state index contributed by atoms with van der Waals surface area (Å²) in [6, 6.07) is 21.2. The van der Waals surface area contributed by atoms with E-state index in [1.807, 2.05) is 99.7 Å². The number of hydrogen-bond donors (Lipinski definition) is 3. The quantitative estimate of drug-likeness (QED) is 0.247. The summed E-state index contributed by atoms with van der Waals surface area (Å²) in [7, 11) is 5.62. The second-order valence-electron chi connectivity index (χ2n) is 10.4. The molecule has 0 saturated carbocycles. The van der Waals surface area contributed by atoms with Gasteiger partial charge in [0.15, 0.2) is 5.17 Å². The Balaban J connectivity index is 1.53. The fourth-order valence-electron chi connectivity index (χ4n) is 4.74. The average molecular weight is 633 g/mol. The number of amides is 2. The molecule has 0 atom stereocenters. The van der Waals surface area contributed by atoms with Crippen LogP contribution in [0.15, 0.2) is 86.6 Å². The molecule has 2 amide bonds. The summed E-state index contributed by atoms with van der Waals surface area (Å²) in [6.07, 6.45) is 0. The number of hydrogen-bond acceptors (Lipinski definition) is 10. The molecule has 44 heavy (non-hydrogen) atoms. The first-order valence-electron chi connectivity index (χ1n) is 14.3. The van der Waals surface area contributed by atoms with Gasteiger partial charge in [-0.05, 0) is 68.7 Å². The summed E-state index contributed by atoms with van der Waals surface area (Å²) in [5.41, 5.74) is 3.96. The van der Waals surface area contributed by atoms with E-state index in [2.05, 4.69) is 10.6 Å². The highest BCUT2D eigenvalue weighted by atomic mass is 32.2. The van der Waals surface area contributed by atoms with Crippen LogP contribution >= 0.6 is 23.5 Å². The third-order valence-electron chi connectivity index (χ3n) is 6.73. The summed E-state index contributed by atoms with van der Waals surface area (Å²) < 4.78 is 5.62. The van der Waals surface area contributed by atoms with Crippen molar-refractivity contribution in [2.24, 2.45) is 4.99 Å². The molecule has 0 aromatic heterocycles. The third-order valence-corrected chi connectivity index (χ3v) is 9.16. The minimum Gasteiger partial charge on any atom is -0.491 e. The Morgan fingerprint density at radius 3 is 2.59 bits per heavy atom. The van der Waals surface area contributed by atoms with Crippen molar-refractivity contribution in [2.75, 3.05) is 63.0 Å². The third kappa shape index (κ3) is 7.21. The molecule has 2 aliphatic rings. The number of aliphatic imine (C=N–C) groups is 1. The summed E-state index contributed by atoms with van der Waals surface area (Å²) in [6.45, 7) is 3.45. The SMILES string of the molecule is CCNc1ccc(NC(=O)CN(C)C)cc1N=C1SC(=C2Sc3ccc(OCCO)cc3N2C)C(=O)N1Cc1ccccc1. The summed E-state index contributed by atoms with van der Waals surface area (Å²) in [5.74, 6) is 0.402. The normalized spacial score (nSPS) is 17.0. The number of ether oxygens (including phenoxy) is 1. The van der Waals surface area contributed by atoms with Crippen LogP contribution in [0, 0.1) is 0 Å². The molecule has 5 rings (SSSR count). The lowest BCUT2D eigenvalue weighted by atomic mass is 10.2. The van der Waals surface area contributed by atoms with E-state index in [-0.39, 0.29) is 31.6 Å². The lowest BCUT2D eigenvalue weighted by Crippen LogP contribution is -2.29. The molecule has 0 unspecified atom stereocenters. The van der Waals surface area contributed by atoms with Gasteiger partial charge in [0.25, 0.3) is 5.91 Å². The number of thioether (sulfide) groups is 2. The van der Waals surface area contributed by atoms with E-state index >= 15 is 0 Å². The zero-order valence-electron chi connectivity index (χ0n) is 25.2. The first-order chi connectivity index (χ1) is 21.3. The van der Waals surface area contributed by atoms with Crippen molar-refractivity contribution in [1.29, 1.82) is 0 Å². The van der Waals surface area contributed by atoms with Gasteiger partial charge in [-0.15, -0.1) is 0 Å². The van der Waals surface area contributed by atoms with Gasteiger partial charge in [-0.3, -0.25) is 14.5 Å². The maximum absolute atomic E-state index is 14.1. The second-order valence-corrected chi connectivity index (χ2v) is 12.4. The van der Waals surface area contributed by atoms with E-state index in [0.29, 0.717) is 40.3 Å². The highest BCUT2D eigenvalue weighted by Gasteiger charge is 2.39. The van der Waals surface area contributed by atoms with Gasteiger partial charge in [0, 0.05) is 30.2 Å². The van der Waals surface area contributed by atoms with Gasteiger partial charge < -0.3 is 30.3 Å². The van der Waals surface area contributed by atoms with Crippen LogP contribution in [-0.4, -0.2) is 79.3 Å². The largest absolute Gasteiger partial charge is 0.491 e. The average Bonchev–Trinajstić information content (AvgIpc) is 3.48. The predicted octanol–water partition coefficient (Wildman–Crippen LogP) is 5.16. The zero-order valence-corrected chi connectivity index (χ0v) is 26.8. The van der Waals surface area contributed by atoms with Crippen LogP contribution in [-0.2, 0) is 16.1 Å². The van der Waals surface area contributed by atoms with Crippen molar-refractivity contribution in [3.63, 3.8) is 0 Å². The Bertz CT molecular complexity index is 1590. The lowest BCUT2D eigenvalue weighted by molar-refractivity contribution is -0.122. The highest BCUT2D eigenvalue weighted by molar-refractivity contribution is 8.19. The van der Waals surface area contributed by atoms with E-state index < -0.39 is 0 Å². The number of aliphatic hydroxyl groups excluding tert-OH is 1. The first-order valence-corrected chi connectivity index (χ1v) is 15.9. The van der Waals surface area contributed by atoms with Crippen molar-refractivity contribution in [1.82, 2.24) is 9.80 Å². The standard InChI is InChI=1S/C32H36N6O4S2/c1-5-33-24-13-11-22(34-28(40)20-36(2)3)17-25(24)35-32-38(19-21-9-7-6-8-10-21)30(41)29(44-32)31-37(4)26-18-23(42-16-15-39)12-14-27(26)43-31/h6-14,17-18,33,39H,5,15-16,19-20H2,1-4H3,(H,34,40). The lowest BCUT2D eigenvalue weighted by Gasteiger charge is -2.18. The van der Waals surface area contributed by atoms with Gasteiger partial charge in [0.1, 0.15) is 17.3 Å². The molecular formula is C32H36N6O4S2. The number of likely N-dealkylation sites (N-methyl/N-ethyl adjacent to an activating group) is 1. The number of nitrogens with zero attached hydrogens (tertiary/aromatic N) is 4. The Morgan fingerprint density at radius 1 is 1.07 bits per heavy atom. The summed E-state index contributed by atoms with van der Waals surface area (Å²) in [4.78, 5) is 38.7. The van der Waals surface area contributed by atoms with Gasteiger partial charge in [-0.2, -0.15) is 0 Å². The maximum atomic E-state index is 14.1. The van der Waals surface area contributed by atoms with E-state index in [1.54, 1.807) is 9.80 Å². The number of benzene rings is 3. The van der Waals surface area contributed by atoms with Gasteiger partial charge in [0.2, 0.25) is 5.91 Å². The number of fused-ring (bicyclic) bond motifs is 1. The Kier molecular flexibility index (Phi) is 10.2. The monoisotopic (exact) mass is 632 g/mol. The molecule has 3 N–H and O–H groups in total. The Morgan fingerprint density at radius 2 is 1.86 bits per heavy atom. The van der Waals surface area contributed by atoms with Gasteiger partial charge in [0.05, 0.1) is 41.8 Å². The van der Waals surface area contributed by atoms with E-state index in [4.69, 9.17) is 14.8 Å². The highest BCUT2D eigenvalue weighted by Crippen LogP contribution is 2.51.